The minimum atomic E-state index is -5.08. The number of ether oxygens (including phenoxy) is 4. The molecular formula is C49H80O12S. The summed E-state index contributed by atoms with van der Waals surface area (Å²) in [7, 11) is -5.08. The van der Waals surface area contributed by atoms with Gasteiger partial charge in [0.2, 0.25) is 0 Å². The molecule has 12 nitrogen and oxygen atoms in total. The predicted octanol–water partition coefficient (Wildman–Crippen LogP) is 9.85. The van der Waals surface area contributed by atoms with Crippen LogP contribution in [0.4, 0.5) is 0 Å². The lowest BCUT2D eigenvalue weighted by Crippen LogP contribution is -2.60. The smallest absolute Gasteiger partial charge is 0.397 e. The first-order chi connectivity index (χ1) is 30.1. The van der Waals surface area contributed by atoms with Crippen molar-refractivity contribution in [2.75, 3.05) is 26.4 Å². The van der Waals surface area contributed by atoms with Gasteiger partial charge in [0.15, 0.2) is 6.29 Å². The van der Waals surface area contributed by atoms with Crippen molar-refractivity contribution in [3.8, 4) is 0 Å². The third-order valence-electron chi connectivity index (χ3n) is 9.70. The molecule has 0 amide bonds. The summed E-state index contributed by atoms with van der Waals surface area (Å²) in [6.07, 6.45) is 44.4. The van der Waals surface area contributed by atoms with Crippen LogP contribution in [0.5, 0.6) is 0 Å². The largest absolute Gasteiger partial charge is 0.457 e. The van der Waals surface area contributed by atoms with Crippen LogP contribution in [-0.2, 0) is 38.3 Å². The number of allylic oxidation sites excluding steroid dienone is 16. The van der Waals surface area contributed by atoms with Gasteiger partial charge in [-0.1, -0.05) is 143 Å². The molecule has 0 saturated carbocycles. The Morgan fingerprint density at radius 3 is 1.55 bits per heavy atom. The van der Waals surface area contributed by atoms with Crippen molar-refractivity contribution in [2.45, 2.75) is 179 Å². The third kappa shape index (κ3) is 32.7. The van der Waals surface area contributed by atoms with E-state index < -0.39 is 59.8 Å². The van der Waals surface area contributed by atoms with E-state index in [2.05, 4.69) is 115 Å². The van der Waals surface area contributed by atoms with E-state index in [0.717, 1.165) is 96.3 Å². The van der Waals surface area contributed by atoms with Crippen LogP contribution >= 0.6 is 0 Å². The number of carbonyl (C=O) groups is 1. The molecule has 1 aliphatic rings. The topological polar surface area (TPSA) is 178 Å². The van der Waals surface area contributed by atoms with E-state index in [9.17, 15) is 28.5 Å². The lowest BCUT2D eigenvalue weighted by molar-refractivity contribution is -0.301. The second-order valence-electron chi connectivity index (χ2n) is 15.2. The van der Waals surface area contributed by atoms with Gasteiger partial charge in [-0.15, -0.1) is 0 Å². The van der Waals surface area contributed by atoms with Gasteiger partial charge < -0.3 is 34.3 Å². The number of aliphatic hydroxyl groups is 3. The molecule has 62 heavy (non-hydrogen) atoms. The van der Waals surface area contributed by atoms with E-state index in [1.54, 1.807) is 0 Å². The number of hydrogen-bond donors (Lipinski definition) is 4. The monoisotopic (exact) mass is 893 g/mol. The second-order valence-corrected chi connectivity index (χ2v) is 16.3. The summed E-state index contributed by atoms with van der Waals surface area (Å²) >= 11 is 0. The molecule has 1 heterocycles. The summed E-state index contributed by atoms with van der Waals surface area (Å²) in [6.45, 7) is 3.65. The molecule has 0 radical (unpaired) electrons. The van der Waals surface area contributed by atoms with E-state index in [1.807, 2.05) is 0 Å². The summed E-state index contributed by atoms with van der Waals surface area (Å²) in [5, 5.41) is 30.7. The number of rotatable bonds is 38. The van der Waals surface area contributed by atoms with Crippen LogP contribution in [0.3, 0.4) is 0 Å². The zero-order valence-electron chi connectivity index (χ0n) is 37.6. The Hall–Kier alpha value is -2.98. The predicted molar refractivity (Wildman–Crippen MR) is 248 cm³/mol. The van der Waals surface area contributed by atoms with Crippen LogP contribution in [0.15, 0.2) is 97.2 Å². The first-order valence-electron chi connectivity index (χ1n) is 23.0. The van der Waals surface area contributed by atoms with Gasteiger partial charge >= 0.3 is 16.4 Å². The number of esters is 1. The van der Waals surface area contributed by atoms with Gasteiger partial charge in [-0.2, -0.15) is 8.42 Å². The summed E-state index contributed by atoms with van der Waals surface area (Å²) in [6, 6.07) is 0. The summed E-state index contributed by atoms with van der Waals surface area (Å²) in [4.78, 5) is 12.8. The van der Waals surface area contributed by atoms with Gasteiger partial charge in [0.25, 0.3) is 0 Å². The minimum absolute atomic E-state index is 0.00477. The molecule has 6 unspecified atom stereocenters. The first kappa shape index (κ1) is 57.0. The second kappa shape index (κ2) is 39.6. The quantitative estimate of drug-likeness (QED) is 0.0200. The molecule has 1 rings (SSSR count). The van der Waals surface area contributed by atoms with E-state index >= 15 is 0 Å². The van der Waals surface area contributed by atoms with Gasteiger partial charge in [0.1, 0.15) is 30.5 Å². The Labute approximate surface area is 374 Å². The standard InChI is InChI=1S/C49H80O12S/c1-3-5-7-9-11-13-15-17-19-20-21-22-23-25-27-29-31-33-35-37-39-57-41-43(42-58-49-47(53)48(61-62(54,55)56)46(52)44(40-50)60-49)59-45(51)38-36-34-32-30-28-26-24-18-16-14-12-10-8-6-4-2/h5-8,11-14,17-19,21-22,24,28,30,43-44,46-50,52-53H,3-4,9-10,15-16,20,23,25-27,29,31-42H2,1-2H3,(H,54,55,56)/b7-5-,8-6-,13-11-,14-12-,19-17-,22-21-,24-18-,30-28-. The van der Waals surface area contributed by atoms with Crippen molar-refractivity contribution < 1.29 is 56.2 Å². The van der Waals surface area contributed by atoms with Crippen LogP contribution < -0.4 is 0 Å². The maximum absolute atomic E-state index is 12.8. The lowest BCUT2D eigenvalue weighted by Gasteiger charge is -2.41. The van der Waals surface area contributed by atoms with Crippen LogP contribution in [0.2, 0.25) is 0 Å². The fourth-order valence-corrected chi connectivity index (χ4v) is 6.81. The molecule has 1 fully saturated rings. The van der Waals surface area contributed by atoms with Crippen molar-refractivity contribution >= 4 is 16.4 Å². The Morgan fingerprint density at radius 1 is 0.613 bits per heavy atom. The van der Waals surface area contributed by atoms with Gasteiger partial charge in [-0.25, -0.2) is 4.18 Å². The zero-order chi connectivity index (χ0) is 45.4. The highest BCUT2D eigenvalue weighted by molar-refractivity contribution is 7.80. The van der Waals surface area contributed by atoms with Crippen LogP contribution in [0.1, 0.15) is 142 Å². The molecular weight excluding hydrogens is 813 g/mol. The molecule has 6 atom stereocenters. The minimum Gasteiger partial charge on any atom is -0.457 e. The molecule has 13 heteroatoms. The Kier molecular flexibility index (Phi) is 36.4. The molecule has 1 saturated heterocycles. The molecule has 4 N–H and O–H groups in total. The number of unbranched alkanes of at least 4 members (excludes halogenated alkanes) is 9. The highest BCUT2D eigenvalue weighted by Crippen LogP contribution is 2.26. The van der Waals surface area contributed by atoms with Crippen molar-refractivity contribution in [3.63, 3.8) is 0 Å². The van der Waals surface area contributed by atoms with Crippen molar-refractivity contribution in [1.29, 1.82) is 0 Å². The van der Waals surface area contributed by atoms with Crippen LogP contribution in [0.25, 0.3) is 0 Å². The SMILES string of the molecule is CC/C=C\C/C=C\C/C=C\C/C=C\CCCCCCCCCOCC(COC1OC(CO)C(O)C(OS(=O)(=O)O)C1O)OC(=O)CCCC/C=C\C/C=C\C/C=C\C/C=C\CC. The molecule has 354 valence electrons. The molecule has 0 aromatic heterocycles. The maximum atomic E-state index is 12.8. The Bertz CT molecular complexity index is 1450. The fraction of sp³-hybridized carbons (Fsp3) is 0.653. The molecule has 0 bridgehead atoms. The van der Waals surface area contributed by atoms with Crippen LogP contribution in [-0.4, -0.2) is 97.5 Å². The average Bonchev–Trinajstić information content (AvgIpc) is 3.24. The third-order valence-corrected chi connectivity index (χ3v) is 10.2. The highest BCUT2D eigenvalue weighted by Gasteiger charge is 2.48. The number of hydrogen-bond acceptors (Lipinski definition) is 11. The molecule has 0 aliphatic carbocycles. The maximum Gasteiger partial charge on any atom is 0.397 e. The first-order valence-corrected chi connectivity index (χ1v) is 24.4. The highest BCUT2D eigenvalue weighted by atomic mass is 32.3. The van der Waals surface area contributed by atoms with E-state index in [0.29, 0.717) is 13.0 Å². The molecule has 1 aliphatic heterocycles. The summed E-state index contributed by atoms with van der Waals surface area (Å²) < 4.78 is 59.0. The van der Waals surface area contributed by atoms with Crippen LogP contribution in [0, 0.1) is 0 Å². The summed E-state index contributed by atoms with van der Waals surface area (Å²) in [5.41, 5.74) is 0. The van der Waals surface area contributed by atoms with Gasteiger partial charge in [-0.3, -0.25) is 9.35 Å². The lowest BCUT2D eigenvalue weighted by atomic mass is 9.99. The van der Waals surface area contributed by atoms with Crippen molar-refractivity contribution in [1.82, 2.24) is 0 Å². The molecule has 0 aromatic carbocycles. The van der Waals surface area contributed by atoms with Gasteiger partial charge in [-0.05, 0) is 89.9 Å². The zero-order valence-corrected chi connectivity index (χ0v) is 38.5. The van der Waals surface area contributed by atoms with Crippen molar-refractivity contribution in [3.05, 3.63) is 97.2 Å². The Balaban J connectivity index is 2.45. The summed E-state index contributed by atoms with van der Waals surface area (Å²) in [5.74, 6) is -0.448. The van der Waals surface area contributed by atoms with Gasteiger partial charge in [0.05, 0.1) is 19.8 Å². The van der Waals surface area contributed by atoms with E-state index in [-0.39, 0.29) is 19.6 Å². The van der Waals surface area contributed by atoms with Crippen molar-refractivity contribution in [2.24, 2.45) is 0 Å². The fourth-order valence-electron chi connectivity index (χ4n) is 6.30. The molecule has 0 spiro atoms. The molecule has 0 aromatic rings. The van der Waals surface area contributed by atoms with E-state index in [1.165, 1.54) is 19.3 Å². The number of carbonyl (C=O) groups excluding carboxylic acids is 1. The van der Waals surface area contributed by atoms with Gasteiger partial charge in [0, 0.05) is 13.0 Å². The van der Waals surface area contributed by atoms with E-state index in [4.69, 9.17) is 23.5 Å². The Morgan fingerprint density at radius 2 is 1.06 bits per heavy atom. The normalized spacial score (nSPS) is 20.9. The number of aliphatic hydroxyl groups excluding tert-OH is 3. The average molecular weight is 893 g/mol.